The maximum atomic E-state index is 11.9. The van der Waals surface area contributed by atoms with Gasteiger partial charge in [-0.3, -0.25) is 19.4 Å². The molecule has 3 aromatic rings. The molecule has 0 fully saturated rings. The van der Waals surface area contributed by atoms with E-state index < -0.39 is 0 Å². The molecular weight excluding hydrogens is 340 g/mol. The highest BCUT2D eigenvalue weighted by atomic mass is 35.5. The van der Waals surface area contributed by atoms with Crippen LogP contribution in [0.25, 0.3) is 0 Å². The minimum atomic E-state index is -0.185. The Balaban J connectivity index is 1.64. The molecule has 0 amide bonds. The summed E-state index contributed by atoms with van der Waals surface area (Å²) >= 11 is 5.88. The monoisotopic (exact) mass is 358 g/mol. The van der Waals surface area contributed by atoms with Crippen LogP contribution in [0.3, 0.4) is 0 Å². The molecule has 7 nitrogen and oxygen atoms in total. The van der Waals surface area contributed by atoms with Gasteiger partial charge in [0.25, 0.3) is 5.56 Å². The van der Waals surface area contributed by atoms with E-state index in [1.807, 2.05) is 25.1 Å². The van der Waals surface area contributed by atoms with Crippen molar-refractivity contribution < 1.29 is 0 Å². The first-order chi connectivity index (χ1) is 12.1. The third-order valence-electron chi connectivity index (χ3n) is 3.73. The number of halogens is 1. The van der Waals surface area contributed by atoms with Crippen molar-refractivity contribution >= 4 is 17.5 Å². The van der Waals surface area contributed by atoms with E-state index in [4.69, 9.17) is 11.6 Å². The number of nitrogens with one attached hydrogen (secondary N) is 2. The molecule has 0 saturated carbocycles. The molecular formula is C17H19ClN6O. The second-order valence-corrected chi connectivity index (χ2v) is 6.23. The van der Waals surface area contributed by atoms with Crippen LogP contribution in [0, 0.1) is 0 Å². The highest BCUT2D eigenvalue weighted by Crippen LogP contribution is 2.15. The number of anilines is 1. The zero-order valence-electron chi connectivity index (χ0n) is 13.8. The molecule has 0 saturated heterocycles. The molecule has 25 heavy (non-hydrogen) atoms. The predicted molar refractivity (Wildman–Crippen MR) is 96.9 cm³/mol. The summed E-state index contributed by atoms with van der Waals surface area (Å²) in [5, 5.41) is 7.89. The lowest BCUT2D eigenvalue weighted by Crippen LogP contribution is -2.18. The molecule has 0 aliphatic carbocycles. The maximum absolute atomic E-state index is 11.9. The quantitative estimate of drug-likeness (QED) is 0.677. The Labute approximate surface area is 150 Å². The maximum Gasteiger partial charge on any atom is 0.252 e. The Morgan fingerprint density at radius 1 is 1.40 bits per heavy atom. The predicted octanol–water partition coefficient (Wildman–Crippen LogP) is 2.47. The van der Waals surface area contributed by atoms with E-state index in [-0.39, 0.29) is 11.5 Å². The first kappa shape index (κ1) is 17.2. The van der Waals surface area contributed by atoms with Gasteiger partial charge in [-0.1, -0.05) is 24.6 Å². The smallest absolute Gasteiger partial charge is 0.252 e. The zero-order valence-corrected chi connectivity index (χ0v) is 14.6. The number of hydrogen-bond donors (Lipinski definition) is 2. The van der Waals surface area contributed by atoms with Crippen molar-refractivity contribution in [3.05, 3.63) is 69.6 Å². The fourth-order valence-corrected chi connectivity index (χ4v) is 2.64. The van der Waals surface area contributed by atoms with E-state index in [0.29, 0.717) is 29.8 Å². The first-order valence-corrected chi connectivity index (χ1v) is 8.41. The van der Waals surface area contributed by atoms with Gasteiger partial charge in [-0.15, -0.1) is 0 Å². The molecule has 3 heterocycles. The van der Waals surface area contributed by atoms with Gasteiger partial charge < -0.3 is 5.32 Å². The van der Waals surface area contributed by atoms with E-state index >= 15 is 0 Å². The Morgan fingerprint density at radius 2 is 2.28 bits per heavy atom. The molecule has 0 radical (unpaired) electrons. The number of aromatic amines is 1. The van der Waals surface area contributed by atoms with Gasteiger partial charge in [0.15, 0.2) is 0 Å². The van der Waals surface area contributed by atoms with Crippen LogP contribution in [0.2, 0.25) is 5.02 Å². The van der Waals surface area contributed by atoms with Gasteiger partial charge in [-0.2, -0.15) is 5.10 Å². The minimum absolute atomic E-state index is 0.0228. The molecule has 130 valence electrons. The Hall–Kier alpha value is -2.67. The fraction of sp³-hybridized carbons (Fsp3) is 0.294. The molecule has 0 unspecified atom stereocenters. The number of rotatable bonds is 7. The molecule has 0 aromatic carbocycles. The normalized spacial score (nSPS) is 12.1. The van der Waals surface area contributed by atoms with Crippen LogP contribution in [0.5, 0.6) is 0 Å². The van der Waals surface area contributed by atoms with Crippen molar-refractivity contribution in [1.82, 2.24) is 24.7 Å². The van der Waals surface area contributed by atoms with Crippen LogP contribution in [0.15, 0.2) is 47.7 Å². The largest absolute Gasteiger partial charge is 0.355 e. The van der Waals surface area contributed by atoms with E-state index in [9.17, 15) is 4.79 Å². The second kappa shape index (κ2) is 7.94. The molecule has 3 rings (SSSR count). The van der Waals surface area contributed by atoms with Crippen LogP contribution >= 0.6 is 11.6 Å². The third-order valence-corrected chi connectivity index (χ3v) is 3.92. The summed E-state index contributed by atoms with van der Waals surface area (Å²) in [5.41, 5.74) is 1.50. The van der Waals surface area contributed by atoms with Crippen molar-refractivity contribution in [3.8, 4) is 0 Å². The second-order valence-electron chi connectivity index (χ2n) is 5.80. The van der Waals surface area contributed by atoms with Gasteiger partial charge in [-0.25, -0.2) is 4.98 Å². The van der Waals surface area contributed by atoms with E-state index in [1.54, 1.807) is 23.3 Å². The molecule has 8 heteroatoms. The van der Waals surface area contributed by atoms with E-state index in [1.165, 1.54) is 6.07 Å². The average Bonchev–Trinajstić information content (AvgIpc) is 3.00. The first-order valence-electron chi connectivity index (χ1n) is 8.03. The third kappa shape index (κ3) is 4.90. The summed E-state index contributed by atoms with van der Waals surface area (Å²) in [4.78, 5) is 23.4. The Kier molecular flexibility index (Phi) is 5.45. The zero-order chi connectivity index (χ0) is 17.6. The lowest BCUT2D eigenvalue weighted by Gasteiger charge is -2.12. The van der Waals surface area contributed by atoms with Gasteiger partial charge in [0, 0.05) is 49.6 Å². The van der Waals surface area contributed by atoms with Crippen molar-refractivity contribution in [3.63, 3.8) is 0 Å². The highest BCUT2D eigenvalue weighted by Gasteiger charge is 2.11. The van der Waals surface area contributed by atoms with Gasteiger partial charge in [0.05, 0.1) is 16.9 Å². The summed E-state index contributed by atoms with van der Waals surface area (Å²) < 4.78 is 1.74. The van der Waals surface area contributed by atoms with Gasteiger partial charge in [0.1, 0.15) is 0 Å². The fourth-order valence-electron chi connectivity index (χ4n) is 2.48. The SMILES string of the molecule is C[C@@H](Cn1cc(Cl)cn1)c1cc(=O)[nH]c(NCCc2ccccn2)n1. The van der Waals surface area contributed by atoms with Crippen molar-refractivity contribution in [2.24, 2.45) is 0 Å². The summed E-state index contributed by atoms with van der Waals surface area (Å²) in [6, 6.07) is 7.31. The standard InChI is InChI=1S/C17H19ClN6O/c1-12(10-24-11-13(18)9-21-24)15-8-16(25)23-17(22-15)20-7-5-14-4-2-3-6-19-14/h2-4,6,8-9,11-12H,5,7,10H2,1H3,(H2,20,22,23,25)/t12-/m0/s1. The van der Waals surface area contributed by atoms with Crippen molar-refractivity contribution in [2.75, 3.05) is 11.9 Å². The number of H-pyrrole nitrogens is 1. The summed E-state index contributed by atoms with van der Waals surface area (Å²) in [7, 11) is 0. The minimum Gasteiger partial charge on any atom is -0.355 e. The molecule has 0 spiro atoms. The molecule has 1 atom stereocenters. The molecule has 0 aliphatic heterocycles. The summed E-state index contributed by atoms with van der Waals surface area (Å²) in [5.74, 6) is 0.485. The lowest BCUT2D eigenvalue weighted by molar-refractivity contribution is 0.534. The van der Waals surface area contributed by atoms with Gasteiger partial charge in [-0.05, 0) is 12.1 Å². The van der Waals surface area contributed by atoms with Crippen LogP contribution in [0.4, 0.5) is 5.95 Å². The van der Waals surface area contributed by atoms with Crippen LogP contribution in [-0.4, -0.2) is 31.3 Å². The number of aromatic nitrogens is 5. The molecule has 3 aromatic heterocycles. The lowest BCUT2D eigenvalue weighted by atomic mass is 10.1. The Bertz CT molecular complexity index is 876. The topological polar surface area (TPSA) is 88.5 Å². The van der Waals surface area contributed by atoms with Gasteiger partial charge >= 0.3 is 0 Å². The van der Waals surface area contributed by atoms with Crippen LogP contribution in [0.1, 0.15) is 24.2 Å². The van der Waals surface area contributed by atoms with Crippen molar-refractivity contribution in [1.29, 1.82) is 0 Å². The number of pyridine rings is 1. The van der Waals surface area contributed by atoms with Gasteiger partial charge in [0.2, 0.25) is 5.95 Å². The number of hydrogen-bond acceptors (Lipinski definition) is 5. The van der Waals surface area contributed by atoms with Crippen LogP contribution in [-0.2, 0) is 13.0 Å². The highest BCUT2D eigenvalue weighted by molar-refractivity contribution is 6.30. The van der Waals surface area contributed by atoms with E-state index in [2.05, 4.69) is 25.4 Å². The molecule has 0 bridgehead atoms. The van der Waals surface area contributed by atoms with Crippen LogP contribution < -0.4 is 10.9 Å². The summed E-state index contributed by atoms with van der Waals surface area (Å²) in [6.45, 7) is 3.22. The summed E-state index contributed by atoms with van der Waals surface area (Å²) in [6.07, 6.45) is 5.84. The van der Waals surface area contributed by atoms with Crippen molar-refractivity contribution in [2.45, 2.75) is 25.8 Å². The average molecular weight is 359 g/mol. The van der Waals surface area contributed by atoms with E-state index in [0.717, 1.165) is 12.1 Å². The Morgan fingerprint density at radius 3 is 3.00 bits per heavy atom. The number of nitrogens with zero attached hydrogens (tertiary/aromatic N) is 4. The molecule has 0 aliphatic rings. The molecule has 2 N–H and O–H groups in total.